The van der Waals surface area contributed by atoms with E-state index in [1.54, 1.807) is 11.5 Å². The summed E-state index contributed by atoms with van der Waals surface area (Å²) in [5, 5.41) is 4.93. The number of primary sulfonamides is 1. The van der Waals surface area contributed by atoms with Crippen molar-refractivity contribution in [1.29, 1.82) is 0 Å². The summed E-state index contributed by atoms with van der Waals surface area (Å²) in [6.07, 6.45) is 3.68. The Kier molecular flexibility index (Phi) is 3.00. The topological polar surface area (TPSA) is 87.2 Å². The molecule has 1 aromatic rings. The van der Waals surface area contributed by atoms with Crippen LogP contribution in [0.2, 0.25) is 0 Å². The van der Waals surface area contributed by atoms with Gasteiger partial charge >= 0.3 is 0 Å². The van der Waals surface area contributed by atoms with E-state index in [0.717, 1.165) is 19.4 Å². The third kappa shape index (κ3) is 2.42. The maximum Gasteiger partial charge on any atom is 0.257 e. The first kappa shape index (κ1) is 11.6. The zero-order valence-corrected chi connectivity index (χ0v) is 9.90. The van der Waals surface area contributed by atoms with Gasteiger partial charge in [0.05, 0.1) is 12.6 Å². The third-order valence-corrected chi connectivity index (χ3v) is 3.45. The normalized spacial score (nSPS) is 21.5. The molecule has 1 fully saturated rings. The Morgan fingerprint density at radius 3 is 2.94 bits per heavy atom. The highest BCUT2D eigenvalue weighted by Gasteiger charge is 2.19. The Hall–Kier alpha value is -0.920. The van der Waals surface area contributed by atoms with Gasteiger partial charge in [-0.15, -0.1) is 0 Å². The Morgan fingerprint density at radius 2 is 2.44 bits per heavy atom. The summed E-state index contributed by atoms with van der Waals surface area (Å²) < 4.78 is 29.5. The lowest BCUT2D eigenvalue weighted by Crippen LogP contribution is -2.15. The van der Waals surface area contributed by atoms with Gasteiger partial charge in [0.25, 0.3) is 10.0 Å². The molecule has 1 aromatic heterocycles. The number of nitrogens with two attached hydrogens (primary N) is 1. The number of aromatic nitrogens is 2. The second-order valence-corrected chi connectivity index (χ2v) is 5.47. The van der Waals surface area contributed by atoms with Crippen molar-refractivity contribution in [3.63, 3.8) is 0 Å². The fourth-order valence-electron chi connectivity index (χ4n) is 1.81. The maximum absolute atomic E-state index is 11.1. The molecule has 2 rings (SSSR count). The quantitative estimate of drug-likeness (QED) is 0.813. The highest BCUT2D eigenvalue weighted by Crippen LogP contribution is 2.16. The number of aryl methyl sites for hydroxylation is 1. The van der Waals surface area contributed by atoms with Crippen molar-refractivity contribution in [2.75, 3.05) is 6.61 Å². The summed E-state index contributed by atoms with van der Waals surface area (Å²) in [6.45, 7) is 3.17. The molecule has 1 saturated heterocycles. The number of hydrogen-bond donors (Lipinski definition) is 1. The number of rotatable bonds is 3. The van der Waals surface area contributed by atoms with Gasteiger partial charge in [0, 0.05) is 12.8 Å². The number of ether oxygens (including phenoxy) is 1. The molecule has 1 aliphatic heterocycles. The van der Waals surface area contributed by atoms with Crippen molar-refractivity contribution < 1.29 is 13.2 Å². The van der Waals surface area contributed by atoms with Crippen molar-refractivity contribution in [2.24, 2.45) is 5.14 Å². The molecule has 1 atom stereocenters. The van der Waals surface area contributed by atoms with Gasteiger partial charge in [0.15, 0.2) is 5.03 Å². The molecule has 0 bridgehead atoms. The van der Waals surface area contributed by atoms with Crippen LogP contribution in [-0.2, 0) is 21.3 Å². The lowest BCUT2D eigenvalue weighted by Gasteiger charge is -2.10. The van der Waals surface area contributed by atoms with Gasteiger partial charge in [-0.2, -0.15) is 0 Å². The van der Waals surface area contributed by atoms with E-state index in [0.29, 0.717) is 12.4 Å². The van der Waals surface area contributed by atoms with E-state index >= 15 is 0 Å². The first-order valence-corrected chi connectivity index (χ1v) is 6.69. The number of nitrogens with zero attached hydrogens (tertiary/aromatic N) is 2. The molecule has 1 unspecified atom stereocenters. The highest BCUT2D eigenvalue weighted by atomic mass is 32.2. The van der Waals surface area contributed by atoms with Gasteiger partial charge in [0.1, 0.15) is 5.82 Å². The monoisotopic (exact) mass is 245 g/mol. The minimum Gasteiger partial charge on any atom is -0.376 e. The van der Waals surface area contributed by atoms with Gasteiger partial charge in [-0.25, -0.2) is 18.5 Å². The van der Waals surface area contributed by atoms with Crippen LogP contribution in [0.1, 0.15) is 18.7 Å². The van der Waals surface area contributed by atoms with E-state index in [1.807, 2.05) is 0 Å². The lowest BCUT2D eigenvalue weighted by molar-refractivity contribution is 0.0964. The molecule has 1 aliphatic rings. The van der Waals surface area contributed by atoms with Crippen LogP contribution in [0.25, 0.3) is 0 Å². The molecule has 6 nitrogen and oxygen atoms in total. The fourth-order valence-corrected chi connectivity index (χ4v) is 2.34. The van der Waals surface area contributed by atoms with E-state index < -0.39 is 10.0 Å². The minimum absolute atomic E-state index is 0.0806. The predicted molar refractivity (Wildman–Crippen MR) is 57.3 cm³/mol. The van der Waals surface area contributed by atoms with E-state index in [4.69, 9.17) is 9.88 Å². The molecule has 0 spiro atoms. The van der Waals surface area contributed by atoms with Crippen LogP contribution < -0.4 is 5.14 Å². The molecule has 0 aliphatic carbocycles. The second-order valence-electron chi connectivity index (χ2n) is 3.96. The van der Waals surface area contributed by atoms with Crippen molar-refractivity contribution >= 4 is 10.0 Å². The summed E-state index contributed by atoms with van der Waals surface area (Å²) >= 11 is 0. The van der Waals surface area contributed by atoms with Gasteiger partial charge in [0.2, 0.25) is 0 Å². The molecule has 0 radical (unpaired) electrons. The average molecular weight is 245 g/mol. The summed E-state index contributed by atoms with van der Waals surface area (Å²) in [7, 11) is -3.71. The lowest BCUT2D eigenvalue weighted by atomic mass is 10.2. The zero-order chi connectivity index (χ0) is 11.8. The van der Waals surface area contributed by atoms with Crippen LogP contribution in [0.15, 0.2) is 11.2 Å². The molecule has 7 heteroatoms. The molecule has 0 saturated carbocycles. The smallest absolute Gasteiger partial charge is 0.257 e. The van der Waals surface area contributed by atoms with Gasteiger partial charge in [-0.1, -0.05) is 0 Å². The Bertz CT molecular complexity index is 474. The van der Waals surface area contributed by atoms with Crippen LogP contribution in [0.5, 0.6) is 0 Å². The number of hydrogen-bond acceptors (Lipinski definition) is 4. The van der Waals surface area contributed by atoms with Gasteiger partial charge < -0.3 is 9.30 Å². The van der Waals surface area contributed by atoms with E-state index in [-0.39, 0.29) is 11.1 Å². The van der Waals surface area contributed by atoms with Crippen molar-refractivity contribution in [2.45, 2.75) is 37.4 Å². The highest BCUT2D eigenvalue weighted by molar-refractivity contribution is 7.89. The Labute approximate surface area is 94.5 Å². The largest absolute Gasteiger partial charge is 0.376 e. The van der Waals surface area contributed by atoms with Crippen LogP contribution in [0.4, 0.5) is 0 Å². The first-order chi connectivity index (χ1) is 7.47. The SMILES string of the molecule is Cc1nc(S(N)(=O)=O)cn1CC1CCCO1. The molecular weight excluding hydrogens is 230 g/mol. The standard InChI is InChI=1S/C9H15N3O3S/c1-7-11-9(16(10,13)14)6-12(7)5-8-3-2-4-15-8/h6,8H,2-5H2,1H3,(H2,10,13,14). The minimum atomic E-state index is -3.71. The molecule has 16 heavy (non-hydrogen) atoms. The summed E-state index contributed by atoms with van der Waals surface area (Å²) in [5.74, 6) is 0.638. The average Bonchev–Trinajstić information content (AvgIpc) is 2.76. The summed E-state index contributed by atoms with van der Waals surface area (Å²) in [5.41, 5.74) is 0. The molecule has 0 amide bonds. The van der Waals surface area contributed by atoms with Crippen LogP contribution in [0, 0.1) is 6.92 Å². The predicted octanol–water partition coefficient (Wildman–Crippen LogP) is 0.0179. The molecule has 2 N–H and O–H groups in total. The number of sulfonamides is 1. The van der Waals surface area contributed by atoms with Gasteiger partial charge in [-0.3, -0.25) is 0 Å². The van der Waals surface area contributed by atoms with Crippen molar-refractivity contribution in [3.05, 3.63) is 12.0 Å². The molecule has 2 heterocycles. The second kappa shape index (κ2) is 4.15. The fraction of sp³-hybridized carbons (Fsp3) is 0.667. The Balaban J connectivity index is 2.18. The Morgan fingerprint density at radius 1 is 1.69 bits per heavy atom. The van der Waals surface area contributed by atoms with E-state index in [1.165, 1.54) is 6.20 Å². The molecule has 0 aromatic carbocycles. The van der Waals surface area contributed by atoms with E-state index in [9.17, 15) is 8.42 Å². The van der Waals surface area contributed by atoms with Crippen molar-refractivity contribution in [1.82, 2.24) is 9.55 Å². The molecule has 90 valence electrons. The third-order valence-electron chi connectivity index (χ3n) is 2.67. The zero-order valence-electron chi connectivity index (χ0n) is 9.09. The van der Waals surface area contributed by atoms with Gasteiger partial charge in [-0.05, 0) is 19.8 Å². The van der Waals surface area contributed by atoms with Crippen LogP contribution >= 0.6 is 0 Å². The van der Waals surface area contributed by atoms with Crippen LogP contribution in [-0.4, -0.2) is 30.7 Å². The molecular formula is C9H15N3O3S. The van der Waals surface area contributed by atoms with E-state index in [2.05, 4.69) is 4.98 Å². The first-order valence-electron chi connectivity index (χ1n) is 5.15. The van der Waals surface area contributed by atoms with Crippen molar-refractivity contribution in [3.8, 4) is 0 Å². The number of imidazole rings is 1. The maximum atomic E-state index is 11.1. The summed E-state index contributed by atoms with van der Waals surface area (Å²) in [6, 6.07) is 0. The summed E-state index contributed by atoms with van der Waals surface area (Å²) in [4.78, 5) is 3.92. The van der Waals surface area contributed by atoms with Crippen LogP contribution in [0.3, 0.4) is 0 Å².